The Morgan fingerprint density at radius 3 is 2.92 bits per heavy atom. The summed E-state index contributed by atoms with van der Waals surface area (Å²) in [5.74, 6) is 0.361. The summed E-state index contributed by atoms with van der Waals surface area (Å²) in [6.45, 7) is 6.24. The van der Waals surface area contributed by atoms with Gasteiger partial charge in [0.05, 0.1) is 23.0 Å². The van der Waals surface area contributed by atoms with Gasteiger partial charge in [0.25, 0.3) is 5.91 Å². The second kappa shape index (κ2) is 7.86. The number of hydrogen-bond donors (Lipinski definition) is 0. The molecule has 1 aliphatic rings. The Morgan fingerprint density at radius 2 is 2.23 bits per heavy atom. The molecule has 0 bridgehead atoms. The topological polar surface area (TPSA) is 68.7 Å². The van der Waals surface area contributed by atoms with E-state index in [-0.39, 0.29) is 19.1 Å². The van der Waals surface area contributed by atoms with Gasteiger partial charge in [-0.15, -0.1) is 11.3 Å². The number of rotatable bonds is 6. The number of aromatic nitrogens is 1. The molecular formula is C19H22N2O4S. The zero-order chi connectivity index (χ0) is 18.7. The average Bonchev–Trinajstić information content (AvgIpc) is 3.03. The summed E-state index contributed by atoms with van der Waals surface area (Å²) in [4.78, 5) is 30.3. The number of carbonyl (C=O) groups excluding carboxylic acids is 2. The van der Waals surface area contributed by atoms with Crippen molar-refractivity contribution in [2.75, 3.05) is 24.7 Å². The van der Waals surface area contributed by atoms with Gasteiger partial charge in [0.1, 0.15) is 12.3 Å². The van der Waals surface area contributed by atoms with E-state index < -0.39 is 5.97 Å². The standard InChI is InChI=1S/C19H22N2O4S/c1-12(2)6-7-24-19(23)9-21-16-8-14(15-11-26-13(3)20-15)4-5-17(16)25-10-18(21)22/h4-5,8,11-12H,6-7,9-10H2,1-3H3. The van der Waals surface area contributed by atoms with Gasteiger partial charge in [-0.2, -0.15) is 0 Å². The van der Waals surface area contributed by atoms with Crippen molar-refractivity contribution >= 4 is 28.9 Å². The number of thiazole rings is 1. The first-order chi connectivity index (χ1) is 12.4. The average molecular weight is 374 g/mol. The van der Waals surface area contributed by atoms with Crippen LogP contribution in [0.25, 0.3) is 11.3 Å². The molecule has 0 saturated heterocycles. The number of benzene rings is 1. The predicted molar refractivity (Wildman–Crippen MR) is 101 cm³/mol. The molecule has 0 radical (unpaired) electrons. The van der Waals surface area contributed by atoms with Crippen LogP contribution < -0.4 is 9.64 Å². The highest BCUT2D eigenvalue weighted by Gasteiger charge is 2.28. The molecule has 138 valence electrons. The minimum Gasteiger partial charge on any atom is -0.482 e. The van der Waals surface area contributed by atoms with E-state index in [9.17, 15) is 9.59 Å². The van der Waals surface area contributed by atoms with Gasteiger partial charge in [0.15, 0.2) is 6.61 Å². The van der Waals surface area contributed by atoms with Crippen molar-refractivity contribution in [2.45, 2.75) is 27.2 Å². The van der Waals surface area contributed by atoms with E-state index in [1.165, 1.54) is 4.90 Å². The normalized spacial score (nSPS) is 13.5. The van der Waals surface area contributed by atoms with Crippen molar-refractivity contribution in [2.24, 2.45) is 5.92 Å². The lowest BCUT2D eigenvalue weighted by molar-refractivity contribution is -0.143. The molecule has 0 saturated carbocycles. The van der Waals surface area contributed by atoms with Crippen LogP contribution in [0.2, 0.25) is 0 Å². The maximum Gasteiger partial charge on any atom is 0.326 e. The number of hydrogen-bond acceptors (Lipinski definition) is 6. The first-order valence-corrected chi connectivity index (χ1v) is 9.47. The van der Waals surface area contributed by atoms with Crippen molar-refractivity contribution in [1.29, 1.82) is 0 Å². The molecule has 0 aliphatic carbocycles. The fraction of sp³-hybridized carbons (Fsp3) is 0.421. The zero-order valence-electron chi connectivity index (χ0n) is 15.2. The van der Waals surface area contributed by atoms with Gasteiger partial charge in [0.2, 0.25) is 0 Å². The lowest BCUT2D eigenvalue weighted by atomic mass is 10.1. The van der Waals surface area contributed by atoms with Crippen molar-refractivity contribution in [3.05, 3.63) is 28.6 Å². The summed E-state index contributed by atoms with van der Waals surface area (Å²) < 4.78 is 10.7. The highest BCUT2D eigenvalue weighted by molar-refractivity contribution is 7.09. The summed E-state index contributed by atoms with van der Waals surface area (Å²) in [5.41, 5.74) is 2.29. The smallest absolute Gasteiger partial charge is 0.326 e. The number of amides is 1. The minimum atomic E-state index is -0.415. The molecule has 1 amide bonds. The molecule has 0 N–H and O–H groups in total. The Labute approximate surface area is 156 Å². The summed E-state index contributed by atoms with van der Waals surface area (Å²) >= 11 is 1.56. The molecule has 1 aromatic heterocycles. The maximum atomic E-state index is 12.3. The molecular weight excluding hydrogens is 352 g/mol. The van der Waals surface area contributed by atoms with Crippen LogP contribution in [0.1, 0.15) is 25.3 Å². The van der Waals surface area contributed by atoms with Crippen LogP contribution >= 0.6 is 11.3 Å². The quantitative estimate of drug-likeness (QED) is 0.725. The van der Waals surface area contributed by atoms with Crippen LogP contribution in [-0.2, 0) is 14.3 Å². The van der Waals surface area contributed by atoms with E-state index in [1.54, 1.807) is 11.3 Å². The predicted octanol–water partition coefficient (Wildman–Crippen LogP) is 3.43. The Balaban J connectivity index is 1.79. The van der Waals surface area contributed by atoms with E-state index in [0.29, 0.717) is 24.0 Å². The Bertz CT molecular complexity index is 816. The molecule has 7 heteroatoms. The number of nitrogens with zero attached hydrogens (tertiary/aromatic N) is 2. The van der Waals surface area contributed by atoms with Crippen LogP contribution in [-0.4, -0.2) is 36.6 Å². The van der Waals surface area contributed by atoms with E-state index in [4.69, 9.17) is 9.47 Å². The first kappa shape index (κ1) is 18.4. The van der Waals surface area contributed by atoms with Gasteiger partial charge in [0, 0.05) is 10.9 Å². The lowest BCUT2D eigenvalue weighted by Crippen LogP contribution is -2.42. The number of ether oxygens (including phenoxy) is 2. The van der Waals surface area contributed by atoms with Crippen molar-refractivity contribution in [1.82, 2.24) is 4.98 Å². The molecule has 0 unspecified atom stereocenters. The van der Waals surface area contributed by atoms with Crippen LogP contribution in [0.5, 0.6) is 5.75 Å². The molecule has 3 rings (SSSR count). The Morgan fingerprint density at radius 1 is 1.42 bits per heavy atom. The van der Waals surface area contributed by atoms with Crippen molar-refractivity contribution in [3.8, 4) is 17.0 Å². The molecule has 0 fully saturated rings. The SMILES string of the molecule is Cc1nc(-c2ccc3c(c2)N(CC(=O)OCCC(C)C)C(=O)CO3)cs1. The second-order valence-electron chi connectivity index (χ2n) is 6.61. The largest absolute Gasteiger partial charge is 0.482 e. The van der Waals surface area contributed by atoms with E-state index in [0.717, 1.165) is 22.7 Å². The third-order valence-corrected chi connectivity index (χ3v) is 4.84. The molecule has 1 aromatic carbocycles. The molecule has 0 atom stereocenters. The number of anilines is 1. The summed E-state index contributed by atoms with van der Waals surface area (Å²) in [6.07, 6.45) is 0.798. The molecule has 26 heavy (non-hydrogen) atoms. The monoisotopic (exact) mass is 374 g/mol. The van der Waals surface area contributed by atoms with Gasteiger partial charge in [-0.05, 0) is 37.5 Å². The number of carbonyl (C=O) groups is 2. The summed E-state index contributed by atoms with van der Waals surface area (Å²) in [7, 11) is 0. The first-order valence-electron chi connectivity index (χ1n) is 8.59. The van der Waals surface area contributed by atoms with Gasteiger partial charge in [-0.1, -0.05) is 13.8 Å². The van der Waals surface area contributed by atoms with Gasteiger partial charge in [-0.25, -0.2) is 4.98 Å². The van der Waals surface area contributed by atoms with Gasteiger partial charge < -0.3 is 9.47 Å². The lowest BCUT2D eigenvalue weighted by Gasteiger charge is -2.29. The summed E-state index contributed by atoms with van der Waals surface area (Å²) in [5, 5.41) is 2.93. The van der Waals surface area contributed by atoms with Crippen LogP contribution in [0, 0.1) is 12.8 Å². The zero-order valence-corrected chi connectivity index (χ0v) is 16.0. The van der Waals surface area contributed by atoms with Crippen LogP contribution in [0.3, 0.4) is 0 Å². The van der Waals surface area contributed by atoms with Crippen LogP contribution in [0.4, 0.5) is 5.69 Å². The van der Waals surface area contributed by atoms with E-state index in [2.05, 4.69) is 18.8 Å². The van der Waals surface area contributed by atoms with E-state index >= 15 is 0 Å². The highest BCUT2D eigenvalue weighted by Crippen LogP contribution is 2.36. The third-order valence-electron chi connectivity index (χ3n) is 4.06. The second-order valence-corrected chi connectivity index (χ2v) is 7.67. The Kier molecular flexibility index (Phi) is 5.56. The van der Waals surface area contributed by atoms with Crippen molar-refractivity contribution in [3.63, 3.8) is 0 Å². The van der Waals surface area contributed by atoms with Gasteiger partial charge >= 0.3 is 5.97 Å². The highest BCUT2D eigenvalue weighted by atomic mass is 32.1. The van der Waals surface area contributed by atoms with Gasteiger partial charge in [-0.3, -0.25) is 14.5 Å². The molecule has 6 nitrogen and oxygen atoms in total. The number of fused-ring (bicyclic) bond motifs is 1. The molecule has 2 aromatic rings. The fourth-order valence-corrected chi connectivity index (χ4v) is 3.24. The molecule has 2 heterocycles. The molecule has 0 spiro atoms. The van der Waals surface area contributed by atoms with Crippen LogP contribution in [0.15, 0.2) is 23.6 Å². The van der Waals surface area contributed by atoms with E-state index in [1.807, 2.05) is 30.5 Å². The Hall–Kier alpha value is -2.41. The molecule has 1 aliphatic heterocycles. The maximum absolute atomic E-state index is 12.3. The number of esters is 1. The van der Waals surface area contributed by atoms with Crippen molar-refractivity contribution < 1.29 is 19.1 Å². The summed E-state index contributed by atoms with van der Waals surface area (Å²) in [6, 6.07) is 5.55. The number of aryl methyl sites for hydroxylation is 1. The minimum absolute atomic E-state index is 0.0819. The third kappa shape index (κ3) is 4.22. The fourth-order valence-electron chi connectivity index (χ4n) is 2.61.